The number of methoxy groups -OCH3 is 1. The zero-order chi connectivity index (χ0) is 23.6. The standard InChI is InChI=1S/C27H40N4O2/c1-5-7-8-9-11-26(32)30-16-10-17-31(19-18-30)27-24(25(6-2)28-21(3)29-27)20-22-12-14-23(33-4)15-13-22/h12-15H,5-11,16-20H2,1-4H3. The molecule has 0 bridgehead atoms. The second-order valence-corrected chi connectivity index (χ2v) is 8.93. The number of anilines is 1. The summed E-state index contributed by atoms with van der Waals surface area (Å²) in [5.41, 5.74) is 3.53. The fourth-order valence-electron chi connectivity index (χ4n) is 4.56. The highest BCUT2D eigenvalue weighted by Crippen LogP contribution is 2.27. The lowest BCUT2D eigenvalue weighted by Gasteiger charge is -2.26. The van der Waals surface area contributed by atoms with Gasteiger partial charge in [0, 0.05) is 50.3 Å². The first kappa shape index (κ1) is 25.0. The van der Waals surface area contributed by atoms with Crippen LogP contribution in [0.5, 0.6) is 5.75 Å². The summed E-state index contributed by atoms with van der Waals surface area (Å²) < 4.78 is 5.31. The Morgan fingerprint density at radius 2 is 1.79 bits per heavy atom. The Morgan fingerprint density at radius 1 is 1.00 bits per heavy atom. The maximum atomic E-state index is 12.7. The van der Waals surface area contributed by atoms with Gasteiger partial charge in [0.15, 0.2) is 0 Å². The van der Waals surface area contributed by atoms with Crippen LogP contribution in [0.2, 0.25) is 0 Å². The minimum atomic E-state index is 0.305. The molecule has 0 atom stereocenters. The molecule has 0 spiro atoms. The van der Waals surface area contributed by atoms with Crippen LogP contribution in [0.4, 0.5) is 5.82 Å². The van der Waals surface area contributed by atoms with Gasteiger partial charge in [-0.25, -0.2) is 9.97 Å². The number of aromatic nitrogens is 2. The van der Waals surface area contributed by atoms with Crippen LogP contribution in [-0.2, 0) is 17.6 Å². The van der Waals surface area contributed by atoms with Gasteiger partial charge >= 0.3 is 0 Å². The van der Waals surface area contributed by atoms with Gasteiger partial charge < -0.3 is 14.5 Å². The maximum Gasteiger partial charge on any atom is 0.222 e. The topological polar surface area (TPSA) is 58.6 Å². The van der Waals surface area contributed by atoms with Gasteiger partial charge in [0.25, 0.3) is 0 Å². The Morgan fingerprint density at radius 3 is 2.48 bits per heavy atom. The fourth-order valence-corrected chi connectivity index (χ4v) is 4.56. The van der Waals surface area contributed by atoms with Gasteiger partial charge in [-0.1, -0.05) is 45.2 Å². The van der Waals surface area contributed by atoms with Crippen LogP contribution < -0.4 is 9.64 Å². The van der Waals surface area contributed by atoms with Crippen molar-refractivity contribution in [2.45, 2.75) is 72.1 Å². The molecule has 0 saturated carbocycles. The largest absolute Gasteiger partial charge is 0.497 e. The van der Waals surface area contributed by atoms with Gasteiger partial charge in [-0.15, -0.1) is 0 Å². The van der Waals surface area contributed by atoms with Crippen LogP contribution >= 0.6 is 0 Å². The van der Waals surface area contributed by atoms with E-state index in [0.29, 0.717) is 12.3 Å². The summed E-state index contributed by atoms with van der Waals surface area (Å²) in [6.45, 7) is 9.66. The summed E-state index contributed by atoms with van der Waals surface area (Å²) in [5, 5.41) is 0. The van der Waals surface area contributed by atoms with E-state index in [9.17, 15) is 4.79 Å². The van der Waals surface area contributed by atoms with Crippen molar-refractivity contribution in [2.24, 2.45) is 0 Å². The van der Waals surface area contributed by atoms with E-state index in [1.54, 1.807) is 7.11 Å². The van der Waals surface area contributed by atoms with E-state index in [4.69, 9.17) is 14.7 Å². The van der Waals surface area contributed by atoms with Crippen LogP contribution in [0, 0.1) is 6.92 Å². The minimum Gasteiger partial charge on any atom is -0.497 e. The smallest absolute Gasteiger partial charge is 0.222 e. The third-order valence-electron chi connectivity index (χ3n) is 6.45. The summed E-state index contributed by atoms with van der Waals surface area (Å²) in [6.07, 6.45) is 7.87. The average molecular weight is 453 g/mol. The van der Waals surface area contributed by atoms with Gasteiger partial charge in [0.2, 0.25) is 5.91 Å². The van der Waals surface area contributed by atoms with E-state index in [-0.39, 0.29) is 0 Å². The zero-order valence-corrected chi connectivity index (χ0v) is 20.9. The molecule has 1 aliphatic rings. The molecule has 0 N–H and O–H groups in total. The van der Waals surface area contributed by atoms with Crippen molar-refractivity contribution in [3.63, 3.8) is 0 Å². The average Bonchev–Trinajstić information content (AvgIpc) is 3.09. The van der Waals surface area contributed by atoms with Gasteiger partial charge in [0.1, 0.15) is 17.4 Å². The number of carbonyl (C=O) groups is 1. The highest BCUT2D eigenvalue weighted by molar-refractivity contribution is 5.76. The Kier molecular flexibility index (Phi) is 9.52. The van der Waals surface area contributed by atoms with E-state index in [2.05, 4.69) is 35.8 Å². The van der Waals surface area contributed by atoms with Crippen molar-refractivity contribution in [1.82, 2.24) is 14.9 Å². The molecule has 1 fully saturated rings. The molecule has 0 unspecified atom stereocenters. The summed E-state index contributed by atoms with van der Waals surface area (Å²) in [6, 6.07) is 8.24. The summed E-state index contributed by atoms with van der Waals surface area (Å²) >= 11 is 0. The maximum absolute atomic E-state index is 12.7. The van der Waals surface area contributed by atoms with Crippen LogP contribution in [0.3, 0.4) is 0 Å². The second-order valence-electron chi connectivity index (χ2n) is 8.93. The fraction of sp³-hybridized carbons (Fsp3) is 0.593. The van der Waals surface area contributed by atoms with Gasteiger partial charge in [-0.05, 0) is 43.9 Å². The third-order valence-corrected chi connectivity index (χ3v) is 6.45. The molecule has 180 valence electrons. The number of hydrogen-bond donors (Lipinski definition) is 0. The number of unbranched alkanes of at least 4 members (excludes halogenated alkanes) is 3. The summed E-state index contributed by atoms with van der Waals surface area (Å²) in [4.78, 5) is 26.8. The van der Waals surface area contributed by atoms with Crippen molar-refractivity contribution >= 4 is 11.7 Å². The molecule has 1 saturated heterocycles. The molecule has 2 heterocycles. The molecule has 0 radical (unpaired) electrons. The van der Waals surface area contributed by atoms with E-state index in [0.717, 1.165) is 81.4 Å². The highest BCUT2D eigenvalue weighted by atomic mass is 16.5. The minimum absolute atomic E-state index is 0.305. The Balaban J connectivity index is 1.76. The predicted molar refractivity (Wildman–Crippen MR) is 134 cm³/mol. The molecule has 33 heavy (non-hydrogen) atoms. The number of ether oxygens (including phenoxy) is 1. The lowest BCUT2D eigenvalue weighted by Crippen LogP contribution is -2.35. The van der Waals surface area contributed by atoms with Gasteiger partial charge in [-0.3, -0.25) is 4.79 Å². The van der Waals surface area contributed by atoms with Crippen LogP contribution in [-0.4, -0.2) is 54.1 Å². The van der Waals surface area contributed by atoms with E-state index >= 15 is 0 Å². The number of benzene rings is 1. The Bertz CT molecular complexity index is 898. The van der Waals surface area contributed by atoms with Gasteiger partial charge in [0.05, 0.1) is 7.11 Å². The first-order valence-electron chi connectivity index (χ1n) is 12.6. The number of aryl methyl sites for hydroxylation is 2. The van der Waals surface area contributed by atoms with Crippen molar-refractivity contribution in [3.05, 3.63) is 46.9 Å². The van der Waals surface area contributed by atoms with Crippen molar-refractivity contribution < 1.29 is 9.53 Å². The third kappa shape index (κ3) is 6.92. The SMILES string of the molecule is CCCCCCC(=O)N1CCCN(c2nc(C)nc(CC)c2Cc2ccc(OC)cc2)CC1. The van der Waals surface area contributed by atoms with Crippen molar-refractivity contribution in [2.75, 3.05) is 38.2 Å². The molecule has 6 nitrogen and oxygen atoms in total. The Hall–Kier alpha value is -2.63. The van der Waals surface area contributed by atoms with Crippen molar-refractivity contribution in [3.8, 4) is 5.75 Å². The first-order chi connectivity index (χ1) is 16.0. The highest BCUT2D eigenvalue weighted by Gasteiger charge is 2.23. The molecule has 6 heteroatoms. The molecule has 1 aromatic carbocycles. The van der Waals surface area contributed by atoms with Crippen LogP contribution in [0.15, 0.2) is 24.3 Å². The normalized spacial score (nSPS) is 14.3. The second kappa shape index (κ2) is 12.6. The Labute approximate surface area is 199 Å². The van der Waals surface area contributed by atoms with Crippen molar-refractivity contribution in [1.29, 1.82) is 0 Å². The van der Waals surface area contributed by atoms with Crippen LogP contribution in [0.1, 0.15) is 75.0 Å². The quantitative estimate of drug-likeness (QED) is 0.477. The number of carbonyl (C=O) groups excluding carboxylic acids is 1. The summed E-state index contributed by atoms with van der Waals surface area (Å²) in [5.74, 6) is 3.02. The monoisotopic (exact) mass is 452 g/mol. The van der Waals surface area contributed by atoms with E-state index in [1.165, 1.54) is 24.0 Å². The first-order valence-corrected chi connectivity index (χ1v) is 12.6. The number of nitrogens with zero attached hydrogens (tertiary/aromatic N) is 4. The number of hydrogen-bond acceptors (Lipinski definition) is 5. The molecular weight excluding hydrogens is 412 g/mol. The summed E-state index contributed by atoms with van der Waals surface area (Å²) in [7, 11) is 1.69. The van der Waals surface area contributed by atoms with Crippen LogP contribution in [0.25, 0.3) is 0 Å². The number of rotatable bonds is 10. The number of amides is 1. The molecular formula is C27H40N4O2. The van der Waals surface area contributed by atoms with E-state index < -0.39 is 0 Å². The lowest BCUT2D eigenvalue weighted by molar-refractivity contribution is -0.131. The van der Waals surface area contributed by atoms with E-state index in [1.807, 2.05) is 19.1 Å². The molecule has 2 aromatic rings. The lowest BCUT2D eigenvalue weighted by atomic mass is 10.0. The molecule has 1 aliphatic heterocycles. The predicted octanol–water partition coefficient (Wildman–Crippen LogP) is 4.96. The molecule has 1 amide bonds. The molecule has 3 rings (SSSR count). The molecule has 1 aromatic heterocycles. The zero-order valence-electron chi connectivity index (χ0n) is 20.9. The van der Waals surface area contributed by atoms with Gasteiger partial charge in [-0.2, -0.15) is 0 Å². The molecule has 0 aliphatic carbocycles.